The van der Waals surface area contributed by atoms with Crippen LogP contribution in [0.3, 0.4) is 0 Å². The van der Waals surface area contributed by atoms with Gasteiger partial charge in [0, 0.05) is 5.56 Å². The standard InChI is InChI=1S/C16H18N4O8/c17-18-11(6-19(7-12(21)22)8-13(23)24)20(9-14(25)26)15(16(27)28)10-4-2-1-3-5-10/h1-5,15H,6-9H2,(H,21,22)(H,23,24)(H,25,26)(H,27,28). The number of amidine groups is 1. The highest BCUT2D eigenvalue weighted by Crippen LogP contribution is 2.21. The Morgan fingerprint density at radius 2 is 1.36 bits per heavy atom. The Kier molecular flexibility index (Phi) is 8.28. The van der Waals surface area contributed by atoms with Gasteiger partial charge in [0.15, 0.2) is 6.54 Å². The third-order valence-electron chi connectivity index (χ3n) is 3.50. The molecule has 1 atom stereocenters. The molecule has 0 radical (unpaired) electrons. The summed E-state index contributed by atoms with van der Waals surface area (Å²) < 4.78 is 0. The predicted octanol–water partition coefficient (Wildman–Crippen LogP) is -0.702. The minimum atomic E-state index is -1.57. The molecule has 1 rings (SSSR count). The van der Waals surface area contributed by atoms with E-state index in [1.165, 1.54) is 24.3 Å². The van der Waals surface area contributed by atoms with E-state index < -0.39 is 61.9 Å². The lowest BCUT2D eigenvalue weighted by Gasteiger charge is -2.25. The Balaban J connectivity index is 3.32. The van der Waals surface area contributed by atoms with Crippen molar-refractivity contribution in [2.45, 2.75) is 6.04 Å². The number of rotatable bonds is 11. The number of carbonyl (C=O) groups is 4. The number of aliphatic carboxylic acids is 4. The molecule has 0 bridgehead atoms. The van der Waals surface area contributed by atoms with E-state index in [0.717, 1.165) is 9.80 Å². The van der Waals surface area contributed by atoms with Crippen LogP contribution >= 0.6 is 0 Å². The zero-order valence-corrected chi connectivity index (χ0v) is 14.5. The molecule has 0 fully saturated rings. The first-order chi connectivity index (χ1) is 13.1. The molecule has 0 aliphatic heterocycles. The fourth-order valence-corrected chi connectivity index (χ4v) is 2.50. The van der Waals surface area contributed by atoms with Crippen molar-refractivity contribution >= 4 is 29.7 Å². The van der Waals surface area contributed by atoms with Gasteiger partial charge in [-0.2, -0.15) is 0 Å². The number of hydrogen-bond acceptors (Lipinski definition) is 5. The Morgan fingerprint density at radius 1 is 0.857 bits per heavy atom. The van der Waals surface area contributed by atoms with Crippen LogP contribution in [0.5, 0.6) is 0 Å². The molecule has 0 heterocycles. The number of carboxylic acid groups (broad SMARTS) is 4. The van der Waals surface area contributed by atoms with Gasteiger partial charge in [-0.05, 0) is 0 Å². The Hall–Kier alpha value is -3.76. The van der Waals surface area contributed by atoms with E-state index in [0.29, 0.717) is 0 Å². The van der Waals surface area contributed by atoms with Crippen LogP contribution in [-0.4, -0.2) is 90.9 Å². The van der Waals surface area contributed by atoms with Gasteiger partial charge in [-0.15, -0.1) is 0 Å². The van der Waals surface area contributed by atoms with E-state index >= 15 is 0 Å². The minimum absolute atomic E-state index is 0.181. The van der Waals surface area contributed by atoms with E-state index in [2.05, 4.69) is 4.79 Å². The van der Waals surface area contributed by atoms with Crippen LogP contribution in [0.15, 0.2) is 30.3 Å². The lowest BCUT2D eigenvalue weighted by atomic mass is 10.0. The summed E-state index contributed by atoms with van der Waals surface area (Å²) in [4.78, 5) is 49.4. The van der Waals surface area contributed by atoms with Crippen molar-refractivity contribution < 1.29 is 44.4 Å². The lowest BCUT2D eigenvalue weighted by Crippen LogP contribution is -2.49. The van der Waals surface area contributed by atoms with Crippen LogP contribution in [0.4, 0.5) is 0 Å². The molecule has 0 aromatic heterocycles. The largest absolute Gasteiger partial charge is 0.497 e. The maximum absolute atomic E-state index is 11.8. The van der Waals surface area contributed by atoms with Crippen molar-refractivity contribution in [1.29, 1.82) is 0 Å². The molecule has 1 unspecified atom stereocenters. The highest BCUT2D eigenvalue weighted by molar-refractivity contribution is 5.89. The molecule has 4 N–H and O–H groups in total. The second kappa shape index (κ2) is 10.4. The smallest absolute Gasteiger partial charge is 0.353 e. The fourth-order valence-electron chi connectivity index (χ4n) is 2.50. The monoisotopic (exact) mass is 394 g/mol. The van der Waals surface area contributed by atoms with Crippen LogP contribution in [0.2, 0.25) is 0 Å². The summed E-state index contributed by atoms with van der Waals surface area (Å²) in [6.45, 7) is -3.01. The Bertz CT molecular complexity index is 775. The van der Waals surface area contributed by atoms with Crippen LogP contribution in [0.1, 0.15) is 11.6 Å². The van der Waals surface area contributed by atoms with Gasteiger partial charge >= 0.3 is 29.7 Å². The Labute approximate surface area is 158 Å². The molecule has 150 valence electrons. The van der Waals surface area contributed by atoms with E-state index in [1.807, 2.05) is 0 Å². The lowest BCUT2D eigenvalue weighted by molar-refractivity contribution is -0.147. The van der Waals surface area contributed by atoms with Gasteiger partial charge in [-0.25, -0.2) is 14.5 Å². The topological polar surface area (TPSA) is 192 Å². The molecule has 0 aliphatic rings. The van der Waals surface area contributed by atoms with Crippen molar-refractivity contribution in [1.82, 2.24) is 9.80 Å². The first-order valence-electron chi connectivity index (χ1n) is 7.78. The SMILES string of the molecule is [N-]=[N+]=C(CN(CC(=O)O)CC(=O)O)N(CC(=O)O)C(C(=O)O)c1ccccc1. The predicted molar refractivity (Wildman–Crippen MR) is 91.5 cm³/mol. The van der Waals surface area contributed by atoms with Crippen LogP contribution in [0, 0.1) is 0 Å². The molecular formula is C16H18N4O8. The van der Waals surface area contributed by atoms with Crippen molar-refractivity contribution in [2.75, 3.05) is 26.2 Å². The summed E-state index contributed by atoms with van der Waals surface area (Å²) in [5, 5.41) is 36.6. The molecule has 0 spiro atoms. The van der Waals surface area contributed by atoms with Crippen LogP contribution in [-0.2, 0) is 19.2 Å². The van der Waals surface area contributed by atoms with Crippen molar-refractivity contribution in [3.05, 3.63) is 41.4 Å². The minimum Gasteiger partial charge on any atom is -0.497 e. The molecule has 28 heavy (non-hydrogen) atoms. The molecule has 0 saturated carbocycles. The Morgan fingerprint density at radius 3 is 1.75 bits per heavy atom. The second-order valence-corrected chi connectivity index (χ2v) is 5.62. The number of hydrogen-bond donors (Lipinski definition) is 4. The number of benzene rings is 1. The normalized spacial score (nSPS) is 11.3. The summed E-state index contributed by atoms with van der Waals surface area (Å²) in [7, 11) is 0. The molecular weight excluding hydrogens is 376 g/mol. The summed E-state index contributed by atoms with van der Waals surface area (Å²) in [5.74, 6) is -6.15. The van der Waals surface area contributed by atoms with Crippen molar-refractivity contribution in [3.63, 3.8) is 0 Å². The quantitative estimate of drug-likeness (QED) is 0.161. The third kappa shape index (κ3) is 6.86. The summed E-state index contributed by atoms with van der Waals surface area (Å²) in [5.41, 5.74) is 9.52. The van der Waals surface area contributed by atoms with Crippen LogP contribution < -0.4 is 0 Å². The van der Waals surface area contributed by atoms with Gasteiger partial charge in [0.2, 0.25) is 6.04 Å². The molecule has 12 heteroatoms. The first kappa shape index (κ1) is 22.3. The maximum Gasteiger partial charge on any atom is 0.353 e. The second-order valence-electron chi connectivity index (χ2n) is 5.62. The average Bonchev–Trinajstić information content (AvgIpc) is 2.58. The first-order valence-corrected chi connectivity index (χ1v) is 7.78. The van der Waals surface area contributed by atoms with Gasteiger partial charge in [0.1, 0.15) is 6.54 Å². The molecule has 1 aromatic rings. The van der Waals surface area contributed by atoms with Gasteiger partial charge in [0.05, 0.1) is 13.1 Å². The summed E-state index contributed by atoms with van der Waals surface area (Å²) in [6.07, 6.45) is 0. The molecule has 12 nitrogen and oxygen atoms in total. The average molecular weight is 394 g/mol. The highest BCUT2D eigenvalue weighted by Gasteiger charge is 2.39. The van der Waals surface area contributed by atoms with Gasteiger partial charge < -0.3 is 30.7 Å². The molecule has 1 aromatic carbocycles. The molecule has 0 amide bonds. The maximum atomic E-state index is 11.8. The van der Waals surface area contributed by atoms with E-state index in [1.54, 1.807) is 6.07 Å². The number of carboxylic acids is 4. The molecule has 0 aliphatic carbocycles. The van der Waals surface area contributed by atoms with Gasteiger partial charge in [-0.1, -0.05) is 30.3 Å². The zero-order valence-electron chi connectivity index (χ0n) is 14.5. The van der Waals surface area contributed by atoms with Crippen LogP contribution in [0.25, 0.3) is 5.53 Å². The summed E-state index contributed by atoms with van der Waals surface area (Å²) in [6, 6.07) is 5.96. The fraction of sp³-hybridized carbons (Fsp3) is 0.312. The molecule has 0 saturated heterocycles. The van der Waals surface area contributed by atoms with E-state index in [-0.39, 0.29) is 5.56 Å². The van der Waals surface area contributed by atoms with Crippen molar-refractivity contribution in [2.24, 2.45) is 0 Å². The highest BCUT2D eigenvalue weighted by atomic mass is 16.4. The van der Waals surface area contributed by atoms with Crippen molar-refractivity contribution in [3.8, 4) is 0 Å². The van der Waals surface area contributed by atoms with Gasteiger partial charge in [0.25, 0.3) is 0 Å². The zero-order chi connectivity index (χ0) is 21.3. The van der Waals surface area contributed by atoms with Gasteiger partial charge in [-0.3, -0.25) is 14.5 Å². The third-order valence-corrected chi connectivity index (χ3v) is 3.50. The number of nitrogens with zero attached hydrogens (tertiary/aromatic N) is 4. The summed E-state index contributed by atoms with van der Waals surface area (Å²) >= 11 is 0. The van der Waals surface area contributed by atoms with E-state index in [4.69, 9.17) is 15.3 Å². The van der Waals surface area contributed by atoms with E-state index in [9.17, 15) is 29.8 Å².